The van der Waals surface area contributed by atoms with Crippen LogP contribution < -0.4 is 5.32 Å². The Morgan fingerprint density at radius 1 is 1.44 bits per heavy atom. The van der Waals surface area contributed by atoms with Gasteiger partial charge in [-0.2, -0.15) is 0 Å². The second kappa shape index (κ2) is 4.54. The van der Waals surface area contributed by atoms with E-state index in [1.807, 2.05) is 13.1 Å². The molecule has 1 N–H and O–H groups in total. The summed E-state index contributed by atoms with van der Waals surface area (Å²) in [5.74, 6) is 0.684. The lowest BCUT2D eigenvalue weighted by Crippen LogP contribution is -2.33. The highest BCUT2D eigenvalue weighted by Gasteiger charge is 2.40. The molecule has 16 heavy (non-hydrogen) atoms. The topological polar surface area (TPSA) is 12.0 Å². The molecule has 2 rings (SSSR count). The monoisotopic (exact) mass is 221 g/mol. The Balaban J connectivity index is 2.10. The van der Waals surface area contributed by atoms with E-state index in [-0.39, 0.29) is 11.2 Å². The van der Waals surface area contributed by atoms with E-state index in [9.17, 15) is 4.39 Å². The maximum atomic E-state index is 13.1. The maximum absolute atomic E-state index is 13.1. The first-order chi connectivity index (χ1) is 7.64. The summed E-state index contributed by atoms with van der Waals surface area (Å²) in [6, 6.07) is 7.00. The van der Waals surface area contributed by atoms with E-state index in [0.717, 1.165) is 24.4 Å². The zero-order valence-corrected chi connectivity index (χ0v) is 10.1. The molecular weight excluding hydrogens is 201 g/mol. The van der Waals surface area contributed by atoms with E-state index in [2.05, 4.69) is 12.2 Å². The molecule has 2 heteroatoms. The molecule has 1 aliphatic carbocycles. The number of rotatable bonds is 5. The van der Waals surface area contributed by atoms with Crippen LogP contribution in [-0.4, -0.2) is 13.6 Å². The molecule has 1 aliphatic rings. The molecule has 1 aromatic carbocycles. The fourth-order valence-electron chi connectivity index (χ4n) is 2.65. The molecule has 0 bridgehead atoms. The van der Waals surface area contributed by atoms with Gasteiger partial charge in [0.05, 0.1) is 0 Å². The number of hydrogen-bond acceptors (Lipinski definition) is 1. The Bertz CT molecular complexity index is 360. The number of benzene rings is 1. The standard InChI is InChI=1S/C14H20FN/c1-14(10-16-2,12-6-7-12)9-11-4-3-5-13(15)8-11/h3-5,8,12,16H,6-7,9-10H2,1-2H3. The quantitative estimate of drug-likeness (QED) is 0.806. The lowest BCUT2D eigenvalue weighted by molar-refractivity contribution is 0.262. The molecule has 1 fully saturated rings. The van der Waals surface area contributed by atoms with Crippen LogP contribution in [0, 0.1) is 17.2 Å². The van der Waals surface area contributed by atoms with Gasteiger partial charge in [0.2, 0.25) is 0 Å². The molecule has 1 aromatic rings. The van der Waals surface area contributed by atoms with Crippen molar-refractivity contribution in [3.8, 4) is 0 Å². The number of hydrogen-bond donors (Lipinski definition) is 1. The van der Waals surface area contributed by atoms with Gasteiger partial charge in [-0.25, -0.2) is 4.39 Å². The van der Waals surface area contributed by atoms with Crippen molar-refractivity contribution < 1.29 is 4.39 Å². The predicted octanol–water partition coefficient (Wildman–Crippen LogP) is 3.00. The van der Waals surface area contributed by atoms with Crippen molar-refractivity contribution in [3.05, 3.63) is 35.6 Å². The van der Waals surface area contributed by atoms with Gasteiger partial charge >= 0.3 is 0 Å². The third-order valence-corrected chi connectivity index (χ3v) is 3.64. The number of nitrogens with one attached hydrogen (secondary N) is 1. The molecule has 0 amide bonds. The highest BCUT2D eigenvalue weighted by atomic mass is 19.1. The van der Waals surface area contributed by atoms with Crippen molar-refractivity contribution in [1.82, 2.24) is 5.32 Å². The van der Waals surface area contributed by atoms with Crippen LogP contribution >= 0.6 is 0 Å². The summed E-state index contributed by atoms with van der Waals surface area (Å²) in [6.07, 6.45) is 3.62. The average Bonchev–Trinajstić information content (AvgIpc) is 3.00. The predicted molar refractivity (Wildman–Crippen MR) is 64.9 cm³/mol. The third kappa shape index (κ3) is 2.62. The van der Waals surface area contributed by atoms with E-state index in [4.69, 9.17) is 0 Å². The third-order valence-electron chi connectivity index (χ3n) is 3.64. The zero-order valence-electron chi connectivity index (χ0n) is 10.1. The Morgan fingerprint density at radius 3 is 2.75 bits per heavy atom. The van der Waals surface area contributed by atoms with Crippen LogP contribution in [0.25, 0.3) is 0 Å². The summed E-state index contributed by atoms with van der Waals surface area (Å²) in [6.45, 7) is 3.32. The van der Waals surface area contributed by atoms with Gasteiger partial charge < -0.3 is 5.32 Å². The smallest absolute Gasteiger partial charge is 0.123 e. The van der Waals surface area contributed by atoms with Gasteiger partial charge in [-0.15, -0.1) is 0 Å². The molecule has 0 saturated heterocycles. The van der Waals surface area contributed by atoms with E-state index in [0.29, 0.717) is 0 Å². The molecule has 1 nitrogen and oxygen atoms in total. The molecule has 0 spiro atoms. The highest BCUT2D eigenvalue weighted by Crippen LogP contribution is 2.47. The minimum Gasteiger partial charge on any atom is -0.319 e. The van der Waals surface area contributed by atoms with Crippen molar-refractivity contribution in [1.29, 1.82) is 0 Å². The Kier molecular flexibility index (Phi) is 3.29. The summed E-state index contributed by atoms with van der Waals surface area (Å²) in [7, 11) is 1.99. The van der Waals surface area contributed by atoms with Crippen LogP contribution in [0.3, 0.4) is 0 Å². The maximum Gasteiger partial charge on any atom is 0.123 e. The molecule has 1 saturated carbocycles. The second-order valence-corrected chi connectivity index (χ2v) is 5.27. The van der Waals surface area contributed by atoms with Crippen molar-refractivity contribution in [2.24, 2.45) is 11.3 Å². The molecule has 1 atom stereocenters. The fourth-order valence-corrected chi connectivity index (χ4v) is 2.65. The van der Waals surface area contributed by atoms with Crippen LogP contribution in [0.2, 0.25) is 0 Å². The van der Waals surface area contributed by atoms with Crippen LogP contribution in [0.15, 0.2) is 24.3 Å². The van der Waals surface area contributed by atoms with E-state index >= 15 is 0 Å². The van der Waals surface area contributed by atoms with Crippen LogP contribution in [0.5, 0.6) is 0 Å². The lowest BCUT2D eigenvalue weighted by atomic mass is 9.79. The number of halogens is 1. The first-order valence-corrected chi connectivity index (χ1v) is 6.03. The first kappa shape index (κ1) is 11.6. The highest BCUT2D eigenvalue weighted by molar-refractivity contribution is 5.19. The van der Waals surface area contributed by atoms with E-state index in [1.54, 1.807) is 12.1 Å². The Labute approximate surface area is 97.1 Å². The van der Waals surface area contributed by atoms with Gasteiger partial charge in [0.25, 0.3) is 0 Å². The first-order valence-electron chi connectivity index (χ1n) is 6.03. The summed E-state index contributed by atoms with van der Waals surface area (Å²) in [5, 5.41) is 3.27. The molecule has 0 radical (unpaired) electrons. The molecule has 88 valence electrons. The van der Waals surface area contributed by atoms with E-state index in [1.165, 1.54) is 18.9 Å². The molecule has 1 unspecified atom stereocenters. The van der Waals surface area contributed by atoms with Crippen LogP contribution in [0.1, 0.15) is 25.3 Å². The summed E-state index contributed by atoms with van der Waals surface area (Å²) < 4.78 is 13.1. The normalized spacial score (nSPS) is 19.4. The van der Waals surface area contributed by atoms with Gasteiger partial charge in [-0.1, -0.05) is 19.1 Å². The SMILES string of the molecule is CNCC(C)(Cc1cccc(F)c1)C1CC1. The lowest BCUT2D eigenvalue weighted by Gasteiger charge is -2.29. The van der Waals surface area contributed by atoms with Crippen molar-refractivity contribution in [2.45, 2.75) is 26.2 Å². The van der Waals surface area contributed by atoms with Gasteiger partial charge in [-0.3, -0.25) is 0 Å². The zero-order chi connectivity index (χ0) is 11.6. The van der Waals surface area contributed by atoms with Crippen molar-refractivity contribution in [2.75, 3.05) is 13.6 Å². The fraction of sp³-hybridized carbons (Fsp3) is 0.571. The molecule has 0 aromatic heterocycles. The summed E-state index contributed by atoms with van der Waals surface area (Å²) in [5.41, 5.74) is 1.40. The average molecular weight is 221 g/mol. The van der Waals surface area contributed by atoms with Crippen LogP contribution in [0.4, 0.5) is 4.39 Å². The van der Waals surface area contributed by atoms with Gasteiger partial charge in [0.1, 0.15) is 5.82 Å². The molecule has 0 heterocycles. The Hall–Kier alpha value is -0.890. The van der Waals surface area contributed by atoms with Gasteiger partial charge in [0, 0.05) is 6.54 Å². The van der Waals surface area contributed by atoms with Crippen molar-refractivity contribution in [3.63, 3.8) is 0 Å². The van der Waals surface area contributed by atoms with E-state index < -0.39 is 0 Å². The minimum atomic E-state index is -0.125. The van der Waals surface area contributed by atoms with Crippen molar-refractivity contribution >= 4 is 0 Å². The van der Waals surface area contributed by atoms with Gasteiger partial charge in [0.15, 0.2) is 0 Å². The molecule has 0 aliphatic heterocycles. The second-order valence-electron chi connectivity index (χ2n) is 5.27. The minimum absolute atomic E-state index is 0.125. The summed E-state index contributed by atoms with van der Waals surface area (Å²) >= 11 is 0. The summed E-state index contributed by atoms with van der Waals surface area (Å²) in [4.78, 5) is 0. The van der Waals surface area contributed by atoms with Crippen LogP contribution in [-0.2, 0) is 6.42 Å². The largest absolute Gasteiger partial charge is 0.319 e. The Morgan fingerprint density at radius 2 is 2.19 bits per heavy atom. The van der Waals surface area contributed by atoms with Gasteiger partial charge in [-0.05, 0) is 55.3 Å². The molecular formula is C14H20FN.